The molecule has 4 aromatic carbocycles. The van der Waals surface area contributed by atoms with Gasteiger partial charge in [-0.15, -0.1) is 11.3 Å². The summed E-state index contributed by atoms with van der Waals surface area (Å²) >= 11 is 0.921. The number of thiophene rings is 1. The summed E-state index contributed by atoms with van der Waals surface area (Å²) in [5.41, 5.74) is -2.97. The first-order chi connectivity index (χ1) is 20.8. The smallest absolute Gasteiger partial charge is 0.166 e. The Bertz CT molecular complexity index is 1650. The molecular formula is C32H16F12S. The number of rotatable bonds is 4. The van der Waals surface area contributed by atoms with Crippen LogP contribution >= 0.6 is 11.3 Å². The second-order valence-corrected chi connectivity index (χ2v) is 10.8. The third kappa shape index (κ3) is 6.73. The number of hydrogen-bond acceptors (Lipinski definition) is 1. The third-order valence-corrected chi connectivity index (χ3v) is 8.15. The predicted octanol–water partition coefficient (Wildman–Crippen LogP) is 12.5. The molecule has 5 rings (SSSR count). The van der Waals surface area contributed by atoms with E-state index in [1.54, 1.807) is 0 Å². The Morgan fingerprint density at radius 1 is 0.289 bits per heavy atom. The zero-order valence-corrected chi connectivity index (χ0v) is 23.0. The topological polar surface area (TPSA) is 0 Å². The molecule has 0 saturated carbocycles. The lowest BCUT2D eigenvalue weighted by molar-refractivity contribution is -0.138. The average Bonchev–Trinajstić information content (AvgIpc) is 3.36. The maximum Gasteiger partial charge on any atom is 0.416 e. The zero-order chi connectivity index (χ0) is 32.9. The van der Waals surface area contributed by atoms with Gasteiger partial charge in [-0.3, -0.25) is 0 Å². The molecule has 0 saturated heterocycles. The molecule has 0 amide bonds. The van der Waals surface area contributed by atoms with E-state index in [0.29, 0.717) is 0 Å². The fraction of sp³-hybridized carbons (Fsp3) is 0.125. The van der Waals surface area contributed by atoms with E-state index >= 15 is 0 Å². The molecule has 0 radical (unpaired) electrons. The van der Waals surface area contributed by atoms with Gasteiger partial charge in [-0.2, -0.15) is 52.7 Å². The normalized spacial score (nSPS) is 12.9. The van der Waals surface area contributed by atoms with Crippen molar-refractivity contribution in [2.75, 3.05) is 0 Å². The lowest BCUT2D eigenvalue weighted by atomic mass is 9.90. The van der Waals surface area contributed by atoms with Gasteiger partial charge in [0.2, 0.25) is 0 Å². The van der Waals surface area contributed by atoms with Crippen molar-refractivity contribution in [3.8, 4) is 43.1 Å². The van der Waals surface area contributed by atoms with Gasteiger partial charge in [-0.25, -0.2) is 0 Å². The molecule has 13 heteroatoms. The molecule has 0 bridgehead atoms. The highest BCUT2D eigenvalue weighted by Crippen LogP contribution is 2.53. The van der Waals surface area contributed by atoms with Crippen molar-refractivity contribution in [1.29, 1.82) is 0 Å². The Morgan fingerprint density at radius 3 is 0.689 bits per heavy atom. The second-order valence-electron chi connectivity index (χ2n) is 9.81. The molecule has 0 nitrogen and oxygen atoms in total. The van der Waals surface area contributed by atoms with Crippen LogP contribution in [0.25, 0.3) is 43.1 Å². The first-order valence-corrected chi connectivity index (χ1v) is 13.5. The molecule has 0 N–H and O–H groups in total. The number of halogens is 12. The monoisotopic (exact) mass is 660 g/mol. The summed E-state index contributed by atoms with van der Waals surface area (Å²) < 4.78 is 160. The van der Waals surface area contributed by atoms with Crippen molar-refractivity contribution in [2.45, 2.75) is 24.7 Å². The van der Waals surface area contributed by atoms with Gasteiger partial charge >= 0.3 is 24.7 Å². The molecule has 0 aliphatic heterocycles. The van der Waals surface area contributed by atoms with Crippen molar-refractivity contribution < 1.29 is 52.7 Å². The molecule has 5 aromatic rings. The zero-order valence-electron chi connectivity index (χ0n) is 22.2. The van der Waals surface area contributed by atoms with E-state index in [4.69, 9.17) is 0 Å². The summed E-state index contributed by atoms with van der Waals surface area (Å²) in [7, 11) is 0. The molecule has 0 spiro atoms. The van der Waals surface area contributed by atoms with Crippen LogP contribution in [-0.2, 0) is 24.7 Å². The van der Waals surface area contributed by atoms with Gasteiger partial charge in [-0.1, -0.05) is 48.5 Å². The number of hydrogen-bond donors (Lipinski definition) is 0. The molecular weight excluding hydrogens is 644 g/mol. The number of benzene rings is 4. The Morgan fingerprint density at radius 2 is 0.489 bits per heavy atom. The van der Waals surface area contributed by atoms with Crippen molar-refractivity contribution in [3.63, 3.8) is 0 Å². The van der Waals surface area contributed by atoms with E-state index in [2.05, 4.69) is 0 Å². The van der Waals surface area contributed by atoms with Gasteiger partial charge in [0.1, 0.15) is 0 Å². The van der Waals surface area contributed by atoms with Crippen LogP contribution in [0.2, 0.25) is 0 Å². The molecule has 0 aliphatic carbocycles. The molecule has 1 heterocycles. The highest BCUT2D eigenvalue weighted by Gasteiger charge is 2.34. The molecule has 1 aromatic heterocycles. The molecule has 0 fully saturated rings. The van der Waals surface area contributed by atoms with Gasteiger partial charge in [0.15, 0.2) is 0 Å². The van der Waals surface area contributed by atoms with Crippen LogP contribution in [0.3, 0.4) is 0 Å². The maximum atomic E-state index is 13.4. The summed E-state index contributed by atoms with van der Waals surface area (Å²) in [5, 5.41) is 0. The van der Waals surface area contributed by atoms with E-state index in [-0.39, 0.29) is 43.1 Å². The quantitative estimate of drug-likeness (QED) is 0.168. The van der Waals surface area contributed by atoms with E-state index < -0.39 is 47.0 Å². The Kier molecular flexibility index (Phi) is 8.05. The van der Waals surface area contributed by atoms with Gasteiger partial charge in [-0.05, 0) is 70.8 Å². The summed E-state index contributed by atoms with van der Waals surface area (Å²) in [5.74, 6) is 0. The van der Waals surface area contributed by atoms with E-state index in [1.807, 2.05) is 0 Å². The summed E-state index contributed by atoms with van der Waals surface area (Å²) in [4.78, 5) is 0.460. The largest absolute Gasteiger partial charge is 0.416 e. The minimum Gasteiger partial charge on any atom is -0.166 e. The van der Waals surface area contributed by atoms with Gasteiger partial charge < -0.3 is 0 Å². The van der Waals surface area contributed by atoms with E-state index in [9.17, 15) is 52.7 Å². The fourth-order valence-corrected chi connectivity index (χ4v) is 6.02. The highest BCUT2D eigenvalue weighted by atomic mass is 32.1. The number of alkyl halides is 12. The van der Waals surface area contributed by atoms with E-state index in [1.165, 1.54) is 0 Å². The average molecular weight is 661 g/mol. The fourth-order valence-electron chi connectivity index (χ4n) is 4.66. The van der Waals surface area contributed by atoms with E-state index in [0.717, 1.165) is 108 Å². The van der Waals surface area contributed by atoms with Crippen LogP contribution in [-0.4, -0.2) is 0 Å². The summed E-state index contributed by atoms with van der Waals surface area (Å²) in [6.07, 6.45) is -18.8. The standard InChI is InChI=1S/C32H16F12S/c33-29(34,35)21-9-1-17(2-10-21)25-26(18-3-11-22(12-4-18)30(36,37)38)28(20-7-15-24(16-8-20)32(42,43)44)45-27(25)19-5-13-23(14-6-19)31(39,40)41/h1-16H. The van der Waals surface area contributed by atoms with Crippen molar-refractivity contribution in [1.82, 2.24) is 0 Å². The van der Waals surface area contributed by atoms with Crippen molar-refractivity contribution in [3.05, 3.63) is 119 Å². The predicted molar refractivity (Wildman–Crippen MR) is 146 cm³/mol. The third-order valence-electron chi connectivity index (χ3n) is 6.86. The van der Waals surface area contributed by atoms with Crippen LogP contribution in [0.5, 0.6) is 0 Å². The van der Waals surface area contributed by atoms with Crippen molar-refractivity contribution in [2.24, 2.45) is 0 Å². The highest BCUT2D eigenvalue weighted by molar-refractivity contribution is 7.20. The molecule has 0 atom stereocenters. The Labute approximate surface area is 251 Å². The molecule has 0 aliphatic rings. The van der Waals surface area contributed by atoms with Gasteiger partial charge in [0.05, 0.1) is 22.3 Å². The lowest BCUT2D eigenvalue weighted by Crippen LogP contribution is -2.04. The van der Waals surface area contributed by atoms with Crippen molar-refractivity contribution >= 4 is 11.3 Å². The van der Waals surface area contributed by atoms with Crippen LogP contribution < -0.4 is 0 Å². The first kappa shape index (κ1) is 32.1. The maximum absolute atomic E-state index is 13.4. The molecule has 45 heavy (non-hydrogen) atoms. The summed E-state index contributed by atoms with van der Waals surface area (Å²) in [6.45, 7) is 0. The first-order valence-electron chi connectivity index (χ1n) is 12.7. The Balaban J connectivity index is 1.82. The Hall–Kier alpha value is -4.26. The minimum atomic E-state index is -4.70. The van der Waals surface area contributed by atoms with Crippen LogP contribution in [0.1, 0.15) is 22.3 Å². The van der Waals surface area contributed by atoms with Crippen LogP contribution in [0.15, 0.2) is 97.1 Å². The van der Waals surface area contributed by atoms with Crippen LogP contribution in [0.4, 0.5) is 52.7 Å². The molecule has 234 valence electrons. The lowest BCUT2D eigenvalue weighted by Gasteiger charge is -2.14. The summed E-state index contributed by atoms with van der Waals surface area (Å²) in [6, 6.07) is 15.3. The molecule has 0 unspecified atom stereocenters. The van der Waals surface area contributed by atoms with Gasteiger partial charge in [0, 0.05) is 20.9 Å². The SMILES string of the molecule is FC(F)(F)c1ccc(-c2sc(-c3ccc(C(F)(F)F)cc3)c(-c3ccc(C(F)(F)F)cc3)c2-c2ccc(C(F)(F)F)cc2)cc1. The van der Waals surface area contributed by atoms with Gasteiger partial charge in [0.25, 0.3) is 0 Å². The minimum absolute atomic E-state index is 0.141. The second kappa shape index (κ2) is 11.3. The van der Waals surface area contributed by atoms with Crippen LogP contribution in [0, 0.1) is 0 Å².